The van der Waals surface area contributed by atoms with Crippen molar-refractivity contribution in [2.24, 2.45) is 0 Å². The van der Waals surface area contributed by atoms with Crippen LogP contribution in [-0.4, -0.2) is 19.6 Å². The number of benzene rings is 1. The maximum Gasteiger partial charge on any atom is 0.123 e. The number of rotatable bonds is 1. The predicted octanol–water partition coefficient (Wildman–Crippen LogP) is 1.37. The molecule has 1 aliphatic heterocycles. The summed E-state index contributed by atoms with van der Waals surface area (Å²) < 4.78 is 12.9. The minimum absolute atomic E-state index is 0.157. The molecule has 0 amide bonds. The monoisotopic (exact) mass is 194 g/mol. The standard InChI is InChI=1S/C11H15FN2/c1-8-6-9(12)2-3-10(8)11-7-13-4-5-14-11/h2-3,6,11,13-14H,4-5,7H2,1H3. The summed E-state index contributed by atoms with van der Waals surface area (Å²) in [5.74, 6) is -0.157. The fourth-order valence-electron chi connectivity index (χ4n) is 1.90. The highest BCUT2D eigenvalue weighted by molar-refractivity contribution is 5.30. The molecule has 14 heavy (non-hydrogen) atoms. The van der Waals surface area contributed by atoms with E-state index in [1.54, 1.807) is 6.07 Å². The quantitative estimate of drug-likeness (QED) is 0.705. The largest absolute Gasteiger partial charge is 0.314 e. The van der Waals surface area contributed by atoms with Gasteiger partial charge in [-0.1, -0.05) is 6.07 Å². The van der Waals surface area contributed by atoms with Crippen LogP contribution in [0.2, 0.25) is 0 Å². The van der Waals surface area contributed by atoms with E-state index in [2.05, 4.69) is 10.6 Å². The zero-order chi connectivity index (χ0) is 9.97. The van der Waals surface area contributed by atoms with Gasteiger partial charge in [-0.2, -0.15) is 0 Å². The zero-order valence-corrected chi connectivity index (χ0v) is 8.31. The second kappa shape index (κ2) is 4.07. The zero-order valence-electron chi connectivity index (χ0n) is 8.31. The lowest BCUT2D eigenvalue weighted by Crippen LogP contribution is -2.42. The van der Waals surface area contributed by atoms with Crippen LogP contribution in [0.5, 0.6) is 0 Å². The van der Waals surface area contributed by atoms with Crippen molar-refractivity contribution in [1.29, 1.82) is 0 Å². The Labute approximate surface area is 83.5 Å². The van der Waals surface area contributed by atoms with Gasteiger partial charge in [-0.25, -0.2) is 4.39 Å². The second-order valence-corrected chi connectivity index (χ2v) is 3.71. The molecule has 1 aromatic rings. The van der Waals surface area contributed by atoms with Crippen molar-refractivity contribution < 1.29 is 4.39 Å². The molecule has 0 aromatic heterocycles. The molecule has 2 nitrogen and oxygen atoms in total. The summed E-state index contributed by atoms with van der Waals surface area (Å²) in [5.41, 5.74) is 2.21. The van der Waals surface area contributed by atoms with E-state index in [0.717, 1.165) is 25.2 Å². The molecule has 1 heterocycles. The smallest absolute Gasteiger partial charge is 0.123 e. The van der Waals surface area contributed by atoms with E-state index in [0.29, 0.717) is 6.04 Å². The van der Waals surface area contributed by atoms with E-state index in [4.69, 9.17) is 0 Å². The third-order valence-corrected chi connectivity index (χ3v) is 2.65. The van der Waals surface area contributed by atoms with Crippen LogP contribution < -0.4 is 10.6 Å². The van der Waals surface area contributed by atoms with Gasteiger partial charge in [0.1, 0.15) is 5.82 Å². The van der Waals surface area contributed by atoms with Crippen molar-refractivity contribution in [3.8, 4) is 0 Å². The van der Waals surface area contributed by atoms with Crippen LogP contribution >= 0.6 is 0 Å². The third-order valence-electron chi connectivity index (χ3n) is 2.65. The first kappa shape index (κ1) is 9.62. The van der Waals surface area contributed by atoms with Gasteiger partial charge in [0.2, 0.25) is 0 Å². The molecule has 1 atom stereocenters. The van der Waals surface area contributed by atoms with Crippen LogP contribution in [0.1, 0.15) is 17.2 Å². The molecule has 0 saturated carbocycles. The normalized spacial score (nSPS) is 22.3. The number of halogens is 1. The molecule has 2 N–H and O–H groups in total. The van der Waals surface area contributed by atoms with Gasteiger partial charge in [0, 0.05) is 25.7 Å². The Morgan fingerprint density at radius 2 is 2.21 bits per heavy atom. The lowest BCUT2D eigenvalue weighted by atomic mass is 10.00. The highest BCUT2D eigenvalue weighted by Crippen LogP contribution is 2.18. The molecule has 2 rings (SSSR count). The molecule has 0 bridgehead atoms. The number of aryl methyl sites for hydroxylation is 1. The van der Waals surface area contributed by atoms with E-state index in [9.17, 15) is 4.39 Å². The maximum absolute atomic E-state index is 12.9. The van der Waals surface area contributed by atoms with E-state index >= 15 is 0 Å². The fraction of sp³-hybridized carbons (Fsp3) is 0.455. The SMILES string of the molecule is Cc1cc(F)ccc1C1CNCCN1. The van der Waals surface area contributed by atoms with Gasteiger partial charge >= 0.3 is 0 Å². The number of hydrogen-bond donors (Lipinski definition) is 2. The molecule has 1 saturated heterocycles. The molecule has 1 fully saturated rings. The Morgan fingerprint density at radius 1 is 1.36 bits per heavy atom. The minimum atomic E-state index is -0.157. The summed E-state index contributed by atoms with van der Waals surface area (Å²) in [7, 11) is 0. The topological polar surface area (TPSA) is 24.1 Å². The lowest BCUT2D eigenvalue weighted by Gasteiger charge is -2.26. The van der Waals surface area contributed by atoms with Crippen molar-refractivity contribution in [1.82, 2.24) is 10.6 Å². The van der Waals surface area contributed by atoms with Gasteiger partial charge in [-0.05, 0) is 30.2 Å². The summed E-state index contributed by atoms with van der Waals surface area (Å²) >= 11 is 0. The van der Waals surface area contributed by atoms with Gasteiger partial charge in [0.15, 0.2) is 0 Å². The first-order valence-electron chi connectivity index (χ1n) is 4.97. The summed E-state index contributed by atoms with van der Waals surface area (Å²) in [6.45, 7) is 4.86. The van der Waals surface area contributed by atoms with Gasteiger partial charge in [0.05, 0.1) is 0 Å². The van der Waals surface area contributed by atoms with Crippen molar-refractivity contribution >= 4 is 0 Å². The Morgan fingerprint density at radius 3 is 2.86 bits per heavy atom. The Hall–Kier alpha value is -0.930. The summed E-state index contributed by atoms with van der Waals surface area (Å²) in [6.07, 6.45) is 0. The van der Waals surface area contributed by atoms with Crippen molar-refractivity contribution in [3.05, 3.63) is 35.1 Å². The molecule has 76 valence electrons. The van der Waals surface area contributed by atoms with Gasteiger partial charge in [-0.3, -0.25) is 0 Å². The van der Waals surface area contributed by atoms with Gasteiger partial charge < -0.3 is 10.6 Å². The molecule has 1 aromatic carbocycles. The molecule has 0 aliphatic carbocycles. The Kier molecular flexibility index (Phi) is 2.79. The molecule has 0 radical (unpaired) electrons. The average Bonchev–Trinajstić information content (AvgIpc) is 2.19. The Balaban J connectivity index is 2.22. The highest BCUT2D eigenvalue weighted by atomic mass is 19.1. The van der Waals surface area contributed by atoms with Gasteiger partial charge in [-0.15, -0.1) is 0 Å². The molecular weight excluding hydrogens is 179 g/mol. The van der Waals surface area contributed by atoms with Crippen molar-refractivity contribution in [2.45, 2.75) is 13.0 Å². The van der Waals surface area contributed by atoms with E-state index in [1.165, 1.54) is 11.6 Å². The van der Waals surface area contributed by atoms with E-state index in [1.807, 2.05) is 13.0 Å². The Bertz CT molecular complexity index is 319. The summed E-state index contributed by atoms with van der Waals surface area (Å²) in [4.78, 5) is 0. The first-order chi connectivity index (χ1) is 6.77. The molecule has 1 unspecified atom stereocenters. The molecule has 3 heteroatoms. The van der Waals surface area contributed by atoms with E-state index in [-0.39, 0.29) is 5.82 Å². The maximum atomic E-state index is 12.9. The van der Waals surface area contributed by atoms with Gasteiger partial charge in [0.25, 0.3) is 0 Å². The van der Waals surface area contributed by atoms with Crippen LogP contribution in [-0.2, 0) is 0 Å². The highest BCUT2D eigenvalue weighted by Gasteiger charge is 2.15. The van der Waals surface area contributed by atoms with E-state index < -0.39 is 0 Å². The first-order valence-corrected chi connectivity index (χ1v) is 4.97. The fourth-order valence-corrected chi connectivity index (χ4v) is 1.90. The lowest BCUT2D eigenvalue weighted by molar-refractivity contribution is 0.428. The average molecular weight is 194 g/mol. The van der Waals surface area contributed by atoms with Crippen LogP contribution in [0.25, 0.3) is 0 Å². The predicted molar refractivity (Wildman–Crippen MR) is 54.8 cm³/mol. The number of nitrogens with one attached hydrogen (secondary N) is 2. The van der Waals surface area contributed by atoms with Crippen LogP contribution in [0.4, 0.5) is 4.39 Å². The third kappa shape index (κ3) is 1.94. The van der Waals surface area contributed by atoms with Crippen LogP contribution in [0, 0.1) is 12.7 Å². The molecular formula is C11H15FN2. The van der Waals surface area contributed by atoms with Crippen LogP contribution in [0.15, 0.2) is 18.2 Å². The number of hydrogen-bond acceptors (Lipinski definition) is 2. The van der Waals surface area contributed by atoms with Crippen molar-refractivity contribution in [2.75, 3.05) is 19.6 Å². The number of piperazine rings is 1. The summed E-state index contributed by atoms with van der Waals surface area (Å²) in [6, 6.07) is 5.31. The van der Waals surface area contributed by atoms with Crippen LogP contribution in [0.3, 0.4) is 0 Å². The second-order valence-electron chi connectivity index (χ2n) is 3.71. The molecule has 0 spiro atoms. The minimum Gasteiger partial charge on any atom is -0.314 e. The summed E-state index contributed by atoms with van der Waals surface area (Å²) in [5, 5.41) is 6.73. The van der Waals surface area contributed by atoms with Crippen molar-refractivity contribution in [3.63, 3.8) is 0 Å². The molecule has 1 aliphatic rings.